The molecule has 0 heterocycles. The van der Waals surface area contributed by atoms with Crippen molar-refractivity contribution in [2.75, 3.05) is 0 Å². The van der Waals surface area contributed by atoms with Crippen LogP contribution in [0.2, 0.25) is 10.0 Å². The molecule has 2 unspecified atom stereocenters. The summed E-state index contributed by atoms with van der Waals surface area (Å²) in [6.07, 6.45) is 3.19. The molecule has 0 bridgehead atoms. The SMILES string of the molecule is CC(N)CCCC(C)C(=O)Cc1ccc(Cl)cc1Cl. The van der Waals surface area contributed by atoms with Crippen molar-refractivity contribution in [3.05, 3.63) is 33.8 Å². The first kappa shape index (κ1) is 16.5. The predicted molar refractivity (Wildman–Crippen MR) is 81.8 cm³/mol. The van der Waals surface area contributed by atoms with Crippen LogP contribution in [0.5, 0.6) is 0 Å². The average Bonchev–Trinajstić information content (AvgIpc) is 2.32. The molecular weight excluding hydrogens is 281 g/mol. The van der Waals surface area contributed by atoms with Crippen LogP contribution < -0.4 is 5.73 Å². The largest absolute Gasteiger partial charge is 0.328 e. The fraction of sp³-hybridized carbons (Fsp3) is 0.533. The Balaban J connectivity index is 2.49. The lowest BCUT2D eigenvalue weighted by Crippen LogP contribution is -2.17. The fourth-order valence-corrected chi connectivity index (χ4v) is 2.41. The number of benzene rings is 1. The molecule has 1 aromatic rings. The van der Waals surface area contributed by atoms with E-state index >= 15 is 0 Å². The van der Waals surface area contributed by atoms with Gasteiger partial charge in [-0.05, 0) is 37.5 Å². The van der Waals surface area contributed by atoms with Crippen LogP contribution in [0.3, 0.4) is 0 Å². The number of Topliss-reactive ketones (excluding diaryl/α,β-unsaturated/α-hetero) is 1. The van der Waals surface area contributed by atoms with Gasteiger partial charge >= 0.3 is 0 Å². The third-order valence-corrected chi connectivity index (χ3v) is 3.81. The second-order valence-corrected chi connectivity index (χ2v) is 6.03. The van der Waals surface area contributed by atoms with Crippen LogP contribution in [0.15, 0.2) is 18.2 Å². The van der Waals surface area contributed by atoms with Crippen molar-refractivity contribution >= 4 is 29.0 Å². The van der Waals surface area contributed by atoms with Gasteiger partial charge in [-0.3, -0.25) is 4.79 Å². The smallest absolute Gasteiger partial charge is 0.140 e. The summed E-state index contributed by atoms with van der Waals surface area (Å²) in [6, 6.07) is 5.45. The molecule has 4 heteroatoms. The second kappa shape index (κ2) is 7.88. The van der Waals surface area contributed by atoms with Crippen molar-refractivity contribution < 1.29 is 4.79 Å². The summed E-state index contributed by atoms with van der Waals surface area (Å²) in [6.45, 7) is 3.95. The van der Waals surface area contributed by atoms with Gasteiger partial charge in [0.05, 0.1) is 0 Å². The van der Waals surface area contributed by atoms with E-state index in [4.69, 9.17) is 28.9 Å². The highest BCUT2D eigenvalue weighted by Gasteiger charge is 2.15. The van der Waals surface area contributed by atoms with Crippen LogP contribution in [-0.4, -0.2) is 11.8 Å². The zero-order valence-electron chi connectivity index (χ0n) is 11.5. The summed E-state index contributed by atoms with van der Waals surface area (Å²) >= 11 is 11.9. The fourth-order valence-electron chi connectivity index (χ4n) is 1.93. The molecule has 0 spiro atoms. The molecular formula is C15H21Cl2NO. The van der Waals surface area contributed by atoms with E-state index in [-0.39, 0.29) is 17.7 Å². The molecule has 0 amide bonds. The Bertz CT molecular complexity index is 432. The average molecular weight is 302 g/mol. The number of rotatable bonds is 7. The first-order valence-electron chi connectivity index (χ1n) is 6.62. The van der Waals surface area contributed by atoms with Gasteiger partial charge in [0.25, 0.3) is 0 Å². The summed E-state index contributed by atoms with van der Waals surface area (Å²) in [5.74, 6) is 0.263. The van der Waals surface area contributed by atoms with Gasteiger partial charge in [0.2, 0.25) is 0 Å². The maximum atomic E-state index is 12.1. The number of nitrogens with two attached hydrogens (primary N) is 1. The second-order valence-electron chi connectivity index (χ2n) is 5.19. The Morgan fingerprint density at radius 1 is 1.26 bits per heavy atom. The van der Waals surface area contributed by atoms with Crippen molar-refractivity contribution in [1.29, 1.82) is 0 Å². The third kappa shape index (κ3) is 5.94. The highest BCUT2D eigenvalue weighted by atomic mass is 35.5. The molecule has 2 N–H and O–H groups in total. The minimum Gasteiger partial charge on any atom is -0.328 e. The summed E-state index contributed by atoms with van der Waals surface area (Å²) in [7, 11) is 0. The number of carbonyl (C=O) groups is 1. The first-order chi connectivity index (χ1) is 8.90. The van der Waals surface area contributed by atoms with Gasteiger partial charge in [-0.2, -0.15) is 0 Å². The first-order valence-corrected chi connectivity index (χ1v) is 7.38. The van der Waals surface area contributed by atoms with Crippen molar-refractivity contribution in [2.45, 2.75) is 45.6 Å². The molecule has 0 fully saturated rings. The van der Waals surface area contributed by atoms with Crippen LogP contribution in [0.25, 0.3) is 0 Å². The molecule has 106 valence electrons. The van der Waals surface area contributed by atoms with Crippen LogP contribution in [0.1, 0.15) is 38.7 Å². The molecule has 0 saturated heterocycles. The van der Waals surface area contributed by atoms with Gasteiger partial charge in [-0.15, -0.1) is 0 Å². The van der Waals surface area contributed by atoms with Gasteiger partial charge in [-0.1, -0.05) is 42.6 Å². The molecule has 0 saturated carbocycles. The lowest BCUT2D eigenvalue weighted by Gasteiger charge is -2.12. The minimum absolute atomic E-state index is 0.0468. The topological polar surface area (TPSA) is 43.1 Å². The zero-order chi connectivity index (χ0) is 14.4. The molecule has 1 aromatic carbocycles. The third-order valence-electron chi connectivity index (χ3n) is 3.23. The molecule has 0 aliphatic rings. The van der Waals surface area contributed by atoms with Crippen molar-refractivity contribution in [1.82, 2.24) is 0 Å². The molecule has 2 atom stereocenters. The molecule has 0 aliphatic carbocycles. The highest BCUT2D eigenvalue weighted by molar-refractivity contribution is 6.35. The lowest BCUT2D eigenvalue weighted by atomic mass is 9.94. The molecule has 19 heavy (non-hydrogen) atoms. The summed E-state index contributed by atoms with van der Waals surface area (Å²) < 4.78 is 0. The maximum Gasteiger partial charge on any atom is 0.140 e. The quantitative estimate of drug-likeness (QED) is 0.818. The van der Waals surface area contributed by atoms with Crippen molar-refractivity contribution in [2.24, 2.45) is 11.7 Å². The van der Waals surface area contributed by atoms with Gasteiger partial charge in [0, 0.05) is 28.4 Å². The van der Waals surface area contributed by atoms with Crippen LogP contribution in [0.4, 0.5) is 0 Å². The van der Waals surface area contributed by atoms with Gasteiger partial charge in [-0.25, -0.2) is 0 Å². The maximum absolute atomic E-state index is 12.1. The Labute approximate surface area is 125 Å². The van der Waals surface area contributed by atoms with Crippen molar-refractivity contribution in [3.8, 4) is 0 Å². The highest BCUT2D eigenvalue weighted by Crippen LogP contribution is 2.23. The van der Waals surface area contributed by atoms with E-state index in [9.17, 15) is 4.79 Å². The normalized spacial score (nSPS) is 14.2. The molecule has 0 aromatic heterocycles. The molecule has 1 rings (SSSR count). The van der Waals surface area contributed by atoms with E-state index in [0.29, 0.717) is 16.5 Å². The van der Waals surface area contributed by atoms with Gasteiger partial charge < -0.3 is 5.73 Å². The standard InChI is InChI=1S/C15H21Cl2NO/c1-10(4-3-5-11(2)18)15(19)8-12-6-7-13(16)9-14(12)17/h6-7,9-11H,3-5,8,18H2,1-2H3. The number of hydrogen-bond donors (Lipinski definition) is 1. The Morgan fingerprint density at radius 3 is 2.53 bits per heavy atom. The van der Waals surface area contributed by atoms with Gasteiger partial charge in [0.1, 0.15) is 5.78 Å². The van der Waals surface area contributed by atoms with Crippen LogP contribution in [-0.2, 0) is 11.2 Å². The number of hydrogen-bond acceptors (Lipinski definition) is 2. The molecule has 0 aliphatic heterocycles. The summed E-state index contributed by atoms with van der Waals surface area (Å²) in [5, 5.41) is 1.15. The number of halogens is 2. The Hall–Kier alpha value is -0.570. The summed E-state index contributed by atoms with van der Waals surface area (Å²) in [4.78, 5) is 12.1. The number of ketones is 1. The lowest BCUT2D eigenvalue weighted by molar-refractivity contribution is -0.121. The zero-order valence-corrected chi connectivity index (χ0v) is 13.0. The van der Waals surface area contributed by atoms with E-state index < -0.39 is 0 Å². The van der Waals surface area contributed by atoms with E-state index in [1.54, 1.807) is 12.1 Å². The van der Waals surface area contributed by atoms with Crippen molar-refractivity contribution in [3.63, 3.8) is 0 Å². The van der Waals surface area contributed by atoms with Crippen LogP contribution in [0, 0.1) is 5.92 Å². The Morgan fingerprint density at radius 2 is 1.95 bits per heavy atom. The predicted octanol–water partition coefficient (Wildman–Crippen LogP) is 4.26. The van der Waals surface area contributed by atoms with Crippen LogP contribution >= 0.6 is 23.2 Å². The van der Waals surface area contributed by atoms with E-state index in [0.717, 1.165) is 24.8 Å². The number of carbonyl (C=O) groups excluding carboxylic acids is 1. The molecule has 0 radical (unpaired) electrons. The molecule has 2 nitrogen and oxygen atoms in total. The minimum atomic E-state index is 0.0468. The monoisotopic (exact) mass is 301 g/mol. The Kier molecular flexibility index (Phi) is 6.84. The van der Waals surface area contributed by atoms with E-state index in [1.807, 2.05) is 19.9 Å². The summed E-state index contributed by atoms with van der Waals surface area (Å²) in [5.41, 5.74) is 6.54. The van der Waals surface area contributed by atoms with E-state index in [1.165, 1.54) is 0 Å². The van der Waals surface area contributed by atoms with E-state index in [2.05, 4.69) is 0 Å². The van der Waals surface area contributed by atoms with Gasteiger partial charge in [0.15, 0.2) is 0 Å².